The van der Waals surface area contributed by atoms with Gasteiger partial charge in [0, 0.05) is 14.9 Å². The van der Waals surface area contributed by atoms with Crippen LogP contribution in [0.2, 0.25) is 5.02 Å². The van der Waals surface area contributed by atoms with Gasteiger partial charge in [-0.25, -0.2) is 4.98 Å². The zero-order valence-corrected chi connectivity index (χ0v) is 13.1. The summed E-state index contributed by atoms with van der Waals surface area (Å²) >= 11 is 10.6. The number of nitrogens with two attached hydrogens (primary N) is 1. The molecule has 1 aromatic carbocycles. The number of hydrogen-bond donors (Lipinski definition) is 2. The number of halogens is 2. The average Bonchev–Trinajstić information content (AvgIpc) is 2.82. The van der Waals surface area contributed by atoms with Crippen molar-refractivity contribution in [3.05, 3.63) is 43.8 Å². The Morgan fingerprint density at radius 2 is 2.32 bits per heavy atom. The molecule has 1 atom stereocenters. The maximum atomic E-state index is 12.0. The van der Waals surface area contributed by atoms with Gasteiger partial charge in [0.1, 0.15) is 10.7 Å². The first-order chi connectivity index (χ1) is 8.97. The molecule has 7 heteroatoms. The monoisotopic (exact) mass is 359 g/mol. The molecule has 3 N–H and O–H groups in total. The first kappa shape index (κ1) is 14.5. The molecule has 0 aliphatic carbocycles. The van der Waals surface area contributed by atoms with Crippen molar-refractivity contribution in [2.75, 3.05) is 5.32 Å². The van der Waals surface area contributed by atoms with Gasteiger partial charge in [0.05, 0.1) is 11.7 Å². The molecule has 2 aromatic rings. The van der Waals surface area contributed by atoms with Crippen LogP contribution in [-0.2, 0) is 0 Å². The maximum absolute atomic E-state index is 12.0. The number of hydrogen-bond acceptors (Lipinski definition) is 4. The Morgan fingerprint density at radius 3 is 2.89 bits per heavy atom. The number of nitrogens with zero attached hydrogens (tertiary/aromatic N) is 1. The molecule has 1 unspecified atom stereocenters. The summed E-state index contributed by atoms with van der Waals surface area (Å²) in [5.41, 5.74) is 6.72. The molecular formula is C12H11BrClN3OS. The van der Waals surface area contributed by atoms with Gasteiger partial charge in [-0.3, -0.25) is 4.79 Å². The van der Waals surface area contributed by atoms with Gasteiger partial charge in [-0.15, -0.1) is 11.3 Å². The van der Waals surface area contributed by atoms with E-state index in [1.165, 1.54) is 11.3 Å². The summed E-state index contributed by atoms with van der Waals surface area (Å²) in [6, 6.07) is 4.97. The number of rotatable bonds is 3. The van der Waals surface area contributed by atoms with E-state index in [0.29, 0.717) is 16.4 Å². The van der Waals surface area contributed by atoms with Crippen LogP contribution in [0.15, 0.2) is 28.1 Å². The number of thiazole rings is 1. The zero-order chi connectivity index (χ0) is 14.0. The lowest BCUT2D eigenvalue weighted by Crippen LogP contribution is -2.13. The molecule has 19 heavy (non-hydrogen) atoms. The Kier molecular flexibility index (Phi) is 4.57. The Balaban J connectivity index is 2.16. The normalized spacial score (nSPS) is 12.2. The second-order valence-electron chi connectivity index (χ2n) is 3.94. The third kappa shape index (κ3) is 3.54. The highest BCUT2D eigenvalue weighted by molar-refractivity contribution is 9.10. The molecular weight excluding hydrogens is 350 g/mol. The third-order valence-corrected chi connectivity index (χ3v) is 4.26. The Labute approximate surface area is 128 Å². The molecule has 0 aliphatic rings. The Bertz CT molecular complexity index is 615. The fourth-order valence-corrected chi connectivity index (χ4v) is 2.92. The standard InChI is InChI=1S/C12H11BrClN3OS/c1-6(15)12-17-10(5-19-12)11(18)16-9-3-2-7(14)4-8(9)13/h2-6H,15H2,1H3,(H,16,18). The first-order valence-electron chi connectivity index (χ1n) is 5.45. The molecule has 0 radical (unpaired) electrons. The van der Waals surface area contributed by atoms with E-state index < -0.39 is 0 Å². The summed E-state index contributed by atoms with van der Waals surface area (Å²) in [6.45, 7) is 1.83. The lowest BCUT2D eigenvalue weighted by Gasteiger charge is -2.06. The number of carbonyl (C=O) groups is 1. The summed E-state index contributed by atoms with van der Waals surface area (Å²) in [4.78, 5) is 16.2. The zero-order valence-electron chi connectivity index (χ0n) is 9.98. The highest BCUT2D eigenvalue weighted by atomic mass is 79.9. The van der Waals surface area contributed by atoms with E-state index in [1.807, 2.05) is 6.92 Å². The number of anilines is 1. The fraction of sp³-hybridized carbons (Fsp3) is 0.167. The molecule has 0 aliphatic heterocycles. The minimum atomic E-state index is -0.272. The molecule has 0 spiro atoms. The fourth-order valence-electron chi connectivity index (χ4n) is 1.38. The predicted octanol–water partition coefficient (Wildman–Crippen LogP) is 3.83. The Hall–Kier alpha value is -0.950. The SMILES string of the molecule is CC(N)c1nc(C(=O)Nc2ccc(Cl)cc2Br)cs1. The molecule has 4 nitrogen and oxygen atoms in total. The number of amides is 1. The molecule has 100 valence electrons. The van der Waals surface area contributed by atoms with Crippen LogP contribution in [0.3, 0.4) is 0 Å². The van der Waals surface area contributed by atoms with Crippen LogP contribution in [0.25, 0.3) is 0 Å². The van der Waals surface area contributed by atoms with Gasteiger partial charge in [-0.1, -0.05) is 11.6 Å². The van der Waals surface area contributed by atoms with Crippen LogP contribution >= 0.6 is 38.9 Å². The van der Waals surface area contributed by atoms with E-state index in [1.54, 1.807) is 23.6 Å². The largest absolute Gasteiger partial charge is 0.322 e. The van der Waals surface area contributed by atoms with Crippen molar-refractivity contribution >= 4 is 50.5 Å². The van der Waals surface area contributed by atoms with Crippen molar-refractivity contribution in [1.82, 2.24) is 4.98 Å². The van der Waals surface area contributed by atoms with Crippen molar-refractivity contribution in [3.63, 3.8) is 0 Å². The van der Waals surface area contributed by atoms with Gasteiger partial charge in [0.2, 0.25) is 0 Å². The topological polar surface area (TPSA) is 68.0 Å². The molecule has 2 rings (SSSR count). The summed E-state index contributed by atoms with van der Waals surface area (Å²) in [5.74, 6) is -0.272. The highest BCUT2D eigenvalue weighted by Crippen LogP contribution is 2.26. The van der Waals surface area contributed by atoms with Crippen LogP contribution < -0.4 is 11.1 Å². The summed E-state index contributed by atoms with van der Waals surface area (Å²) in [6.07, 6.45) is 0. The smallest absolute Gasteiger partial charge is 0.275 e. The maximum Gasteiger partial charge on any atom is 0.275 e. The van der Waals surface area contributed by atoms with E-state index in [0.717, 1.165) is 9.48 Å². The van der Waals surface area contributed by atoms with Gasteiger partial charge < -0.3 is 11.1 Å². The number of carbonyl (C=O) groups excluding carboxylic acids is 1. The van der Waals surface area contributed by atoms with Crippen LogP contribution in [0.5, 0.6) is 0 Å². The van der Waals surface area contributed by atoms with Gasteiger partial charge in [0.25, 0.3) is 5.91 Å². The van der Waals surface area contributed by atoms with E-state index in [2.05, 4.69) is 26.2 Å². The minimum absolute atomic E-state index is 0.172. The third-order valence-electron chi connectivity index (χ3n) is 2.32. The molecule has 1 heterocycles. The van der Waals surface area contributed by atoms with E-state index >= 15 is 0 Å². The lowest BCUT2D eigenvalue weighted by atomic mass is 10.3. The van der Waals surface area contributed by atoms with Crippen LogP contribution in [0, 0.1) is 0 Å². The molecule has 0 saturated heterocycles. The van der Waals surface area contributed by atoms with Crippen LogP contribution in [0.1, 0.15) is 28.5 Å². The van der Waals surface area contributed by atoms with E-state index in [-0.39, 0.29) is 11.9 Å². The van der Waals surface area contributed by atoms with Crippen molar-refractivity contribution in [2.24, 2.45) is 5.73 Å². The van der Waals surface area contributed by atoms with Crippen LogP contribution in [-0.4, -0.2) is 10.9 Å². The first-order valence-corrected chi connectivity index (χ1v) is 7.50. The Morgan fingerprint density at radius 1 is 1.58 bits per heavy atom. The summed E-state index contributed by atoms with van der Waals surface area (Å²) in [5, 5.41) is 5.79. The van der Waals surface area contributed by atoms with Gasteiger partial charge in [-0.05, 0) is 41.1 Å². The minimum Gasteiger partial charge on any atom is -0.322 e. The lowest BCUT2D eigenvalue weighted by molar-refractivity contribution is 0.102. The quantitative estimate of drug-likeness (QED) is 0.874. The van der Waals surface area contributed by atoms with Gasteiger partial charge >= 0.3 is 0 Å². The second-order valence-corrected chi connectivity index (χ2v) is 6.12. The number of aromatic nitrogens is 1. The predicted molar refractivity (Wildman–Crippen MR) is 81.8 cm³/mol. The van der Waals surface area contributed by atoms with Crippen molar-refractivity contribution in [2.45, 2.75) is 13.0 Å². The van der Waals surface area contributed by atoms with Crippen molar-refractivity contribution in [1.29, 1.82) is 0 Å². The molecule has 1 aromatic heterocycles. The molecule has 1 amide bonds. The average molecular weight is 361 g/mol. The van der Waals surface area contributed by atoms with E-state index in [4.69, 9.17) is 17.3 Å². The molecule has 0 saturated carbocycles. The van der Waals surface area contributed by atoms with Crippen molar-refractivity contribution in [3.8, 4) is 0 Å². The van der Waals surface area contributed by atoms with E-state index in [9.17, 15) is 4.79 Å². The van der Waals surface area contributed by atoms with Gasteiger partial charge in [-0.2, -0.15) is 0 Å². The summed E-state index contributed by atoms with van der Waals surface area (Å²) in [7, 11) is 0. The van der Waals surface area contributed by atoms with Crippen molar-refractivity contribution < 1.29 is 4.79 Å². The highest BCUT2D eigenvalue weighted by Gasteiger charge is 2.14. The second kappa shape index (κ2) is 6.00. The molecule has 0 fully saturated rings. The summed E-state index contributed by atoms with van der Waals surface area (Å²) < 4.78 is 0.719. The molecule has 0 bridgehead atoms. The van der Waals surface area contributed by atoms with Crippen LogP contribution in [0.4, 0.5) is 5.69 Å². The number of benzene rings is 1. The number of nitrogens with one attached hydrogen (secondary N) is 1. The van der Waals surface area contributed by atoms with Gasteiger partial charge in [0.15, 0.2) is 0 Å².